The summed E-state index contributed by atoms with van der Waals surface area (Å²) in [6, 6.07) is 5.88. The minimum Gasteiger partial charge on any atom is -0.376 e. The molecule has 1 aromatic rings. The van der Waals surface area contributed by atoms with E-state index >= 15 is 0 Å². The fraction of sp³-hybridized carbons (Fsp3) is 0.696. The first-order chi connectivity index (χ1) is 15.1. The van der Waals surface area contributed by atoms with Crippen LogP contribution in [0, 0.1) is 16.0 Å². The fourth-order valence-electron chi connectivity index (χ4n) is 6.00. The Hall–Kier alpha value is -2.19. The topological polar surface area (TPSA) is 87.9 Å². The molecule has 1 aliphatic carbocycles. The summed E-state index contributed by atoms with van der Waals surface area (Å²) in [5, 5.41) is 14.5. The maximum atomic E-state index is 13.3. The number of benzene rings is 1. The first-order valence-corrected chi connectivity index (χ1v) is 11.8. The monoisotopic (exact) mass is 428 g/mol. The van der Waals surface area contributed by atoms with Crippen molar-refractivity contribution in [2.24, 2.45) is 5.92 Å². The van der Waals surface area contributed by atoms with E-state index in [9.17, 15) is 14.9 Å². The SMILES string of the molecule is O=C(NC[C@@H]1CCCO1)[C@H]1Cc2cc([N+](=O)[O-])ccc2N2CCN(C3CCCC3)C[C@@H]12. The van der Waals surface area contributed by atoms with Crippen molar-refractivity contribution in [3.05, 3.63) is 33.9 Å². The predicted molar refractivity (Wildman–Crippen MR) is 117 cm³/mol. The fourth-order valence-corrected chi connectivity index (χ4v) is 6.00. The van der Waals surface area contributed by atoms with Gasteiger partial charge < -0.3 is 15.0 Å². The van der Waals surface area contributed by atoms with E-state index in [1.165, 1.54) is 25.7 Å². The number of nitrogens with one attached hydrogen (secondary N) is 1. The Bertz CT molecular complexity index is 835. The van der Waals surface area contributed by atoms with E-state index in [2.05, 4.69) is 15.1 Å². The third-order valence-electron chi connectivity index (χ3n) is 7.64. The molecule has 1 amide bonds. The molecule has 0 aromatic heterocycles. The zero-order valence-electron chi connectivity index (χ0n) is 18.0. The molecule has 0 spiro atoms. The highest BCUT2D eigenvalue weighted by Gasteiger charge is 2.43. The minimum atomic E-state index is -0.350. The van der Waals surface area contributed by atoms with Gasteiger partial charge in [-0.2, -0.15) is 0 Å². The lowest BCUT2D eigenvalue weighted by Crippen LogP contribution is -2.62. The van der Waals surface area contributed by atoms with Crippen LogP contribution in [0.4, 0.5) is 11.4 Å². The molecule has 31 heavy (non-hydrogen) atoms. The summed E-state index contributed by atoms with van der Waals surface area (Å²) in [5.74, 6) is -0.156. The zero-order valence-corrected chi connectivity index (χ0v) is 18.0. The second-order valence-electron chi connectivity index (χ2n) is 9.45. The Labute approximate surface area is 183 Å². The molecule has 1 aromatic carbocycles. The summed E-state index contributed by atoms with van der Waals surface area (Å²) < 4.78 is 5.67. The van der Waals surface area contributed by atoms with Crippen LogP contribution in [0.15, 0.2) is 18.2 Å². The highest BCUT2D eigenvalue weighted by Crippen LogP contribution is 2.39. The average Bonchev–Trinajstić information content (AvgIpc) is 3.50. The van der Waals surface area contributed by atoms with Crippen LogP contribution in [-0.4, -0.2) is 66.7 Å². The molecule has 4 aliphatic rings. The van der Waals surface area contributed by atoms with Gasteiger partial charge in [-0.3, -0.25) is 19.8 Å². The molecule has 3 atom stereocenters. The maximum absolute atomic E-state index is 13.3. The van der Waals surface area contributed by atoms with Crippen molar-refractivity contribution >= 4 is 17.3 Å². The van der Waals surface area contributed by atoms with Crippen molar-refractivity contribution < 1.29 is 14.5 Å². The Morgan fingerprint density at radius 3 is 2.77 bits per heavy atom. The Morgan fingerprint density at radius 1 is 1.19 bits per heavy atom. The summed E-state index contributed by atoms with van der Waals surface area (Å²) in [6.07, 6.45) is 7.81. The lowest BCUT2D eigenvalue weighted by atomic mass is 9.82. The standard InChI is InChI=1S/C23H32N4O4/c28-23(24-14-19-6-3-11-31-19)20-13-16-12-18(27(29)30)7-8-21(16)26-10-9-25(15-22(20)26)17-4-1-2-5-17/h7-8,12,17,19-20,22H,1-6,9-11,13-15H2,(H,24,28)/t19-,20-,22-/m0/s1. The number of ether oxygens (including phenoxy) is 1. The third kappa shape index (κ3) is 4.15. The van der Waals surface area contributed by atoms with E-state index in [1.54, 1.807) is 12.1 Å². The van der Waals surface area contributed by atoms with Gasteiger partial charge in [0.15, 0.2) is 0 Å². The van der Waals surface area contributed by atoms with Gasteiger partial charge in [-0.25, -0.2) is 0 Å². The number of anilines is 1. The molecular weight excluding hydrogens is 396 g/mol. The van der Waals surface area contributed by atoms with Crippen LogP contribution in [-0.2, 0) is 16.0 Å². The van der Waals surface area contributed by atoms with Crippen molar-refractivity contribution in [3.8, 4) is 0 Å². The molecule has 3 heterocycles. The lowest BCUT2D eigenvalue weighted by molar-refractivity contribution is -0.384. The Morgan fingerprint density at radius 2 is 2.03 bits per heavy atom. The number of nitro groups is 1. The predicted octanol–water partition coefficient (Wildman–Crippen LogP) is 2.50. The van der Waals surface area contributed by atoms with Crippen molar-refractivity contribution in [2.75, 3.05) is 37.7 Å². The molecule has 3 fully saturated rings. The average molecular weight is 429 g/mol. The van der Waals surface area contributed by atoms with Crippen LogP contribution in [0.1, 0.15) is 44.1 Å². The van der Waals surface area contributed by atoms with Crippen molar-refractivity contribution in [3.63, 3.8) is 0 Å². The van der Waals surface area contributed by atoms with Crippen molar-refractivity contribution in [1.82, 2.24) is 10.2 Å². The van der Waals surface area contributed by atoms with Gasteiger partial charge in [0.05, 0.1) is 23.0 Å². The summed E-state index contributed by atoms with van der Waals surface area (Å²) in [4.78, 5) is 29.2. The van der Waals surface area contributed by atoms with Crippen LogP contribution in [0.3, 0.4) is 0 Å². The van der Waals surface area contributed by atoms with E-state index < -0.39 is 0 Å². The van der Waals surface area contributed by atoms with Gasteiger partial charge in [0.25, 0.3) is 5.69 Å². The van der Waals surface area contributed by atoms with Crippen LogP contribution in [0.25, 0.3) is 0 Å². The molecule has 0 bridgehead atoms. The molecule has 5 rings (SSSR count). The molecule has 168 valence electrons. The van der Waals surface area contributed by atoms with Gasteiger partial charge in [0.1, 0.15) is 0 Å². The number of rotatable bonds is 5. The molecular formula is C23H32N4O4. The normalized spacial score (nSPS) is 28.9. The smallest absolute Gasteiger partial charge is 0.269 e. The molecule has 0 radical (unpaired) electrons. The Balaban J connectivity index is 1.38. The second kappa shape index (κ2) is 8.74. The summed E-state index contributed by atoms with van der Waals surface area (Å²) in [5.41, 5.74) is 2.07. The van der Waals surface area contributed by atoms with Crippen molar-refractivity contribution in [2.45, 2.75) is 63.1 Å². The number of non-ortho nitro benzene ring substituents is 1. The quantitative estimate of drug-likeness (QED) is 0.573. The lowest BCUT2D eigenvalue weighted by Gasteiger charge is -2.50. The molecule has 8 nitrogen and oxygen atoms in total. The van der Waals surface area contributed by atoms with Gasteiger partial charge in [0.2, 0.25) is 5.91 Å². The number of fused-ring (bicyclic) bond motifs is 3. The first-order valence-electron chi connectivity index (χ1n) is 11.8. The van der Waals surface area contributed by atoms with Gasteiger partial charge in [-0.1, -0.05) is 12.8 Å². The molecule has 1 N–H and O–H groups in total. The van der Waals surface area contributed by atoms with Crippen LogP contribution >= 0.6 is 0 Å². The highest BCUT2D eigenvalue weighted by molar-refractivity contribution is 5.82. The number of hydrogen-bond acceptors (Lipinski definition) is 6. The van der Waals surface area contributed by atoms with Gasteiger partial charge in [-0.05, 0) is 43.7 Å². The molecule has 3 aliphatic heterocycles. The Kier molecular flexibility index (Phi) is 5.84. The number of nitro benzene ring substituents is 1. The summed E-state index contributed by atoms with van der Waals surface area (Å²) >= 11 is 0. The van der Waals surface area contributed by atoms with Gasteiger partial charge in [0, 0.05) is 56.6 Å². The van der Waals surface area contributed by atoms with Crippen LogP contribution in [0.2, 0.25) is 0 Å². The molecule has 1 saturated carbocycles. The highest BCUT2D eigenvalue weighted by atomic mass is 16.6. The summed E-state index contributed by atoms with van der Waals surface area (Å²) in [7, 11) is 0. The number of carbonyl (C=O) groups is 1. The number of piperazine rings is 1. The maximum Gasteiger partial charge on any atom is 0.269 e. The number of carbonyl (C=O) groups excluding carboxylic acids is 1. The van der Waals surface area contributed by atoms with Crippen LogP contribution in [0.5, 0.6) is 0 Å². The van der Waals surface area contributed by atoms with Gasteiger partial charge in [-0.15, -0.1) is 0 Å². The largest absolute Gasteiger partial charge is 0.376 e. The van der Waals surface area contributed by atoms with Crippen LogP contribution < -0.4 is 10.2 Å². The molecule has 2 saturated heterocycles. The van der Waals surface area contributed by atoms with E-state index in [0.717, 1.165) is 50.3 Å². The van der Waals surface area contributed by atoms with E-state index in [1.807, 2.05) is 6.07 Å². The van der Waals surface area contributed by atoms with E-state index in [-0.39, 0.29) is 34.6 Å². The van der Waals surface area contributed by atoms with E-state index in [0.29, 0.717) is 19.0 Å². The molecule has 0 unspecified atom stereocenters. The van der Waals surface area contributed by atoms with E-state index in [4.69, 9.17) is 4.74 Å². The van der Waals surface area contributed by atoms with Crippen molar-refractivity contribution in [1.29, 1.82) is 0 Å². The second-order valence-corrected chi connectivity index (χ2v) is 9.45. The molecule has 8 heteroatoms. The number of hydrogen-bond donors (Lipinski definition) is 1. The van der Waals surface area contributed by atoms with Gasteiger partial charge >= 0.3 is 0 Å². The summed E-state index contributed by atoms with van der Waals surface area (Å²) in [6.45, 7) is 4.06. The minimum absolute atomic E-state index is 0.0518. The first kappa shape index (κ1) is 20.7. The zero-order chi connectivity index (χ0) is 21.4. The third-order valence-corrected chi connectivity index (χ3v) is 7.64. The number of amides is 1. The number of nitrogens with zero attached hydrogens (tertiary/aromatic N) is 3.